The molecule has 2 rings (SSSR count). The van der Waals surface area contributed by atoms with Gasteiger partial charge >= 0.3 is 0 Å². The van der Waals surface area contributed by atoms with E-state index in [2.05, 4.69) is 38.4 Å². The smallest absolute Gasteiger partial charge is 0.185 e. The Hall–Kier alpha value is 0.0603. The topological polar surface area (TPSA) is 9.23 Å². The predicted octanol–water partition coefficient (Wildman–Crippen LogP) is 1.26. The zero-order chi connectivity index (χ0) is 13.9. The van der Waals surface area contributed by atoms with Crippen LogP contribution in [-0.4, -0.2) is 13.9 Å². The first kappa shape index (κ1) is 21.1. The molecule has 1 aromatic carbocycles. The Labute approximate surface area is 153 Å². The van der Waals surface area contributed by atoms with Crippen LogP contribution < -0.4 is 17.0 Å². The van der Waals surface area contributed by atoms with Crippen molar-refractivity contribution in [1.29, 1.82) is 0 Å². The largest absolute Gasteiger partial charge is 1.00 e. The van der Waals surface area contributed by atoms with E-state index in [4.69, 9.17) is 4.43 Å². The Bertz CT molecular complexity index is 489. The summed E-state index contributed by atoms with van der Waals surface area (Å²) in [6.07, 6.45) is 3.31. The molecule has 21 heavy (non-hydrogen) atoms. The Balaban J connectivity index is 0.00000200. The van der Waals surface area contributed by atoms with Crippen molar-refractivity contribution in [2.45, 2.75) is 44.5 Å². The summed E-state index contributed by atoms with van der Waals surface area (Å²) in [6.45, 7) is 11.0. The number of hydrogen-bond donors (Lipinski definition) is 0. The minimum Gasteiger partial charge on any atom is -1.00 e. The summed E-state index contributed by atoms with van der Waals surface area (Å²) in [5.74, 6) is 6.99. The van der Waals surface area contributed by atoms with E-state index in [1.54, 1.807) is 0 Å². The summed E-state index contributed by atoms with van der Waals surface area (Å²) >= 11 is 0. The Morgan fingerprint density at radius 3 is 2.33 bits per heavy atom. The molecule has 0 amide bonds. The average Bonchev–Trinajstić information content (AvgIpc) is 2.68. The van der Waals surface area contributed by atoms with Crippen molar-refractivity contribution in [2.75, 3.05) is 0 Å². The molecule has 0 unspecified atom stereocenters. The van der Waals surface area contributed by atoms with Crippen LogP contribution in [0.1, 0.15) is 24.8 Å². The SMILES string of the molecule is [Br-].[CH2][C@@H]1CCC[C@@]1(C#Cc1ccccc1)O[Si](C)(C)C.[Zn]. The van der Waals surface area contributed by atoms with E-state index in [0.717, 1.165) is 18.4 Å². The molecule has 1 fully saturated rings. The minimum atomic E-state index is -1.62. The molecule has 2 atom stereocenters. The maximum atomic E-state index is 6.42. The Morgan fingerprint density at radius 2 is 1.86 bits per heavy atom. The van der Waals surface area contributed by atoms with E-state index in [9.17, 15) is 0 Å². The van der Waals surface area contributed by atoms with Gasteiger partial charge in [0.2, 0.25) is 0 Å². The van der Waals surface area contributed by atoms with Gasteiger partial charge in [-0.05, 0) is 63.9 Å². The van der Waals surface area contributed by atoms with Crippen LogP contribution in [0.3, 0.4) is 0 Å². The second-order valence-corrected chi connectivity index (χ2v) is 10.7. The molecule has 1 saturated carbocycles. The van der Waals surface area contributed by atoms with E-state index in [1.165, 1.54) is 6.42 Å². The third-order valence-electron chi connectivity index (χ3n) is 3.44. The summed E-state index contributed by atoms with van der Waals surface area (Å²) in [7, 11) is -1.62. The predicted molar refractivity (Wildman–Crippen MR) is 83.2 cm³/mol. The normalized spacial score (nSPS) is 24.3. The van der Waals surface area contributed by atoms with Gasteiger partial charge in [-0.15, -0.1) is 0 Å². The molecule has 0 N–H and O–H groups in total. The van der Waals surface area contributed by atoms with Gasteiger partial charge in [-0.3, -0.25) is 0 Å². The van der Waals surface area contributed by atoms with Gasteiger partial charge < -0.3 is 21.4 Å². The molecule has 1 radical (unpaired) electrons. The molecule has 1 aliphatic rings. The van der Waals surface area contributed by atoms with E-state index in [1.807, 2.05) is 30.3 Å². The third-order valence-corrected chi connectivity index (χ3v) is 4.42. The van der Waals surface area contributed by atoms with Gasteiger partial charge in [-0.1, -0.05) is 30.0 Å². The second kappa shape index (κ2) is 8.63. The summed E-state index contributed by atoms with van der Waals surface area (Å²) in [4.78, 5) is 0. The van der Waals surface area contributed by atoms with Crippen molar-refractivity contribution in [3.8, 4) is 11.8 Å². The molecule has 0 spiro atoms. The summed E-state index contributed by atoms with van der Waals surface area (Å²) in [5, 5.41) is 0. The fourth-order valence-electron chi connectivity index (χ4n) is 2.62. The Morgan fingerprint density at radius 1 is 1.24 bits per heavy atom. The zero-order valence-electron chi connectivity index (χ0n) is 13.3. The van der Waals surface area contributed by atoms with Crippen molar-refractivity contribution in [2.24, 2.45) is 5.92 Å². The van der Waals surface area contributed by atoms with Gasteiger partial charge in [0.05, 0.1) is 0 Å². The van der Waals surface area contributed by atoms with Crippen molar-refractivity contribution in [3.05, 3.63) is 42.8 Å². The minimum absolute atomic E-state index is 0. The van der Waals surface area contributed by atoms with Crippen molar-refractivity contribution < 1.29 is 40.9 Å². The number of halogens is 1. The third kappa shape index (κ3) is 5.99. The van der Waals surface area contributed by atoms with Crippen LogP contribution in [0.5, 0.6) is 0 Å². The number of rotatable bonds is 2. The van der Waals surface area contributed by atoms with Crippen LogP contribution in [0.25, 0.3) is 0 Å². The van der Waals surface area contributed by atoms with Crippen LogP contribution in [0.15, 0.2) is 30.3 Å². The molecule has 0 aromatic heterocycles. The van der Waals surface area contributed by atoms with Crippen LogP contribution in [0.2, 0.25) is 19.6 Å². The first-order valence-corrected chi connectivity index (χ1v) is 10.4. The van der Waals surface area contributed by atoms with Crippen LogP contribution in [0.4, 0.5) is 0 Å². The molecule has 0 bridgehead atoms. The quantitative estimate of drug-likeness (QED) is 0.521. The molecule has 1 nitrogen and oxygen atoms in total. The average molecular weight is 417 g/mol. The van der Waals surface area contributed by atoms with Gasteiger partial charge in [-0.2, -0.15) is 0 Å². The molecule has 4 heteroatoms. The van der Waals surface area contributed by atoms with Gasteiger partial charge in [0.25, 0.3) is 0 Å². The van der Waals surface area contributed by atoms with Crippen LogP contribution in [-0.2, 0) is 23.9 Å². The van der Waals surface area contributed by atoms with Crippen LogP contribution >= 0.6 is 0 Å². The molecule has 0 aliphatic heterocycles. The number of hydrogen-bond acceptors (Lipinski definition) is 1. The molecular weight excluding hydrogens is 394 g/mol. The standard InChI is InChI=1S/C17H23OSi.BrH.Zn/c1-15-9-8-13-17(15,18-19(2,3)4)14-12-16-10-6-5-7-11-16;;/h5-7,10-11,15H,1,8-9,13H2,2-4H3;1H;/p-1/t15-,17+;;/m1../s1. The molecule has 1 aliphatic carbocycles. The fraction of sp³-hybridized carbons (Fsp3) is 0.471. The molecule has 0 saturated heterocycles. The summed E-state index contributed by atoms with van der Waals surface area (Å²) in [5.41, 5.74) is 0.737. The first-order chi connectivity index (χ1) is 8.91. The first-order valence-electron chi connectivity index (χ1n) is 7.03. The molecule has 1 aromatic rings. The van der Waals surface area contributed by atoms with Gasteiger partial charge in [0.1, 0.15) is 5.60 Å². The van der Waals surface area contributed by atoms with E-state index < -0.39 is 8.32 Å². The maximum Gasteiger partial charge on any atom is 0.185 e. The monoisotopic (exact) mass is 414 g/mol. The molecule has 111 valence electrons. The van der Waals surface area contributed by atoms with Crippen molar-refractivity contribution >= 4 is 8.32 Å². The number of benzene rings is 1. The molecule has 0 heterocycles. The van der Waals surface area contributed by atoms with E-state index >= 15 is 0 Å². The summed E-state index contributed by atoms with van der Waals surface area (Å²) in [6, 6.07) is 10.1. The van der Waals surface area contributed by atoms with Crippen molar-refractivity contribution in [3.63, 3.8) is 0 Å². The van der Waals surface area contributed by atoms with Gasteiger partial charge in [0, 0.05) is 25.0 Å². The fourth-order valence-corrected chi connectivity index (χ4v) is 4.03. The molecular formula is C17H23BrOSiZn-. The Kier molecular flexibility index (Phi) is 8.65. The van der Waals surface area contributed by atoms with Gasteiger partial charge in [0.15, 0.2) is 8.32 Å². The van der Waals surface area contributed by atoms with E-state index in [-0.39, 0.29) is 48.0 Å². The van der Waals surface area contributed by atoms with E-state index in [0.29, 0.717) is 0 Å². The van der Waals surface area contributed by atoms with Crippen molar-refractivity contribution in [1.82, 2.24) is 0 Å². The second-order valence-electron chi connectivity index (χ2n) is 6.31. The van der Waals surface area contributed by atoms with Gasteiger partial charge in [-0.25, -0.2) is 0 Å². The summed E-state index contributed by atoms with van der Waals surface area (Å²) < 4.78 is 6.42. The van der Waals surface area contributed by atoms with Crippen LogP contribution in [0, 0.1) is 24.7 Å². The maximum absolute atomic E-state index is 6.42. The zero-order valence-corrected chi connectivity index (χ0v) is 18.8.